The van der Waals surface area contributed by atoms with E-state index >= 15 is 0 Å². The highest BCUT2D eigenvalue weighted by Crippen LogP contribution is 2.43. The average Bonchev–Trinajstić information content (AvgIpc) is 3.18. The van der Waals surface area contributed by atoms with Crippen molar-refractivity contribution in [3.05, 3.63) is 72.9 Å². The molecule has 9 nitrogen and oxygen atoms in total. The fraction of sp³-hybridized carbons (Fsp3) is 0.696. The topological polar surface area (TPSA) is 120 Å². The normalized spacial score (nSPS) is 14.0. The van der Waals surface area contributed by atoms with Crippen molar-refractivity contribution in [2.45, 2.75) is 174 Å². The minimum absolute atomic E-state index is 0.0334. The van der Waals surface area contributed by atoms with Crippen LogP contribution in [0.25, 0.3) is 0 Å². The summed E-state index contributed by atoms with van der Waals surface area (Å²) in [5.74, 6) is -0.899. The molecule has 0 rings (SSSR count). The number of carbonyl (C=O) groups excluding carboxylic acids is 2. The van der Waals surface area contributed by atoms with Gasteiger partial charge in [-0.05, 0) is 90.5 Å². The van der Waals surface area contributed by atoms with Crippen LogP contribution in [0, 0.1) is 0 Å². The third kappa shape index (κ3) is 41.1. The number of rotatable bonds is 40. The molecule has 0 amide bonds. The number of esters is 2. The molecular weight excluding hydrogens is 725 g/mol. The van der Waals surface area contributed by atoms with E-state index in [0.29, 0.717) is 25.8 Å². The molecule has 0 aliphatic carbocycles. The van der Waals surface area contributed by atoms with Crippen LogP contribution in [0.1, 0.15) is 168 Å². The second-order valence-corrected chi connectivity index (χ2v) is 15.6. The van der Waals surface area contributed by atoms with E-state index in [1.54, 1.807) is 7.05 Å². The van der Waals surface area contributed by atoms with Gasteiger partial charge in [0, 0.05) is 19.4 Å². The summed E-state index contributed by atoms with van der Waals surface area (Å²) in [6, 6.07) is 0. The first-order chi connectivity index (χ1) is 27.3. The summed E-state index contributed by atoms with van der Waals surface area (Å²) in [7, 11) is -2.68. The summed E-state index contributed by atoms with van der Waals surface area (Å²) >= 11 is 0. The number of likely N-dealkylation sites (N-methyl/N-ethyl adjacent to an activating group) is 1. The molecule has 2 atom stereocenters. The minimum Gasteiger partial charge on any atom is -0.462 e. The third-order valence-electron chi connectivity index (χ3n) is 8.80. The summed E-state index contributed by atoms with van der Waals surface area (Å²) in [4.78, 5) is 35.0. The Bertz CT molecular complexity index is 1150. The second-order valence-electron chi connectivity index (χ2n) is 14.2. The molecular formula is C46H80NO8P. The molecule has 0 radical (unpaired) electrons. The van der Waals surface area contributed by atoms with Gasteiger partial charge in [-0.15, -0.1) is 0 Å². The first-order valence-corrected chi connectivity index (χ1v) is 23.4. The van der Waals surface area contributed by atoms with Crippen LogP contribution < -0.4 is 5.32 Å². The number of carbonyl (C=O) groups is 2. The monoisotopic (exact) mass is 806 g/mol. The molecule has 2 unspecified atom stereocenters. The van der Waals surface area contributed by atoms with Crippen LogP contribution in [0.5, 0.6) is 0 Å². The number of nitrogens with one attached hydrogen (secondary N) is 1. The highest BCUT2D eigenvalue weighted by atomic mass is 31.2. The number of phosphoric ester groups is 1. The summed E-state index contributed by atoms with van der Waals surface area (Å²) in [6.07, 6.45) is 49.5. The summed E-state index contributed by atoms with van der Waals surface area (Å²) in [5.41, 5.74) is 0. The Kier molecular flexibility index (Phi) is 40.2. The number of allylic oxidation sites excluding steroid dienone is 12. The van der Waals surface area contributed by atoms with Gasteiger partial charge in [-0.2, -0.15) is 0 Å². The lowest BCUT2D eigenvalue weighted by Crippen LogP contribution is -2.29. The van der Waals surface area contributed by atoms with E-state index in [0.717, 1.165) is 57.8 Å². The molecule has 56 heavy (non-hydrogen) atoms. The molecule has 0 aromatic rings. The van der Waals surface area contributed by atoms with E-state index < -0.39 is 32.5 Å². The van der Waals surface area contributed by atoms with E-state index in [1.165, 1.54) is 64.2 Å². The van der Waals surface area contributed by atoms with Gasteiger partial charge in [-0.3, -0.25) is 18.6 Å². The maximum absolute atomic E-state index is 12.6. The SMILES string of the molecule is CCCCC/C=C\C/C=C\C/C=C\CCCCCCC(=O)OCC(COP(=O)(O)OCCNC)OC(=O)CCC/C=C\C/C=C\C/C=C\CCCCCCCC. The molecule has 0 aliphatic rings. The predicted octanol–water partition coefficient (Wildman–Crippen LogP) is 12.5. The number of hydrogen-bond donors (Lipinski definition) is 2. The van der Waals surface area contributed by atoms with Gasteiger partial charge in [0.1, 0.15) is 6.61 Å². The average molecular weight is 806 g/mol. The largest absolute Gasteiger partial charge is 0.472 e. The van der Waals surface area contributed by atoms with Crippen molar-refractivity contribution in [1.82, 2.24) is 5.32 Å². The predicted molar refractivity (Wildman–Crippen MR) is 233 cm³/mol. The molecule has 2 N–H and O–H groups in total. The molecule has 0 saturated carbocycles. The number of ether oxygens (including phenoxy) is 2. The van der Waals surface area contributed by atoms with Crippen LogP contribution in [0.3, 0.4) is 0 Å². The van der Waals surface area contributed by atoms with Gasteiger partial charge in [-0.25, -0.2) is 4.57 Å². The van der Waals surface area contributed by atoms with Gasteiger partial charge < -0.3 is 19.7 Å². The lowest BCUT2D eigenvalue weighted by atomic mass is 10.1. The van der Waals surface area contributed by atoms with Gasteiger partial charge in [0.25, 0.3) is 0 Å². The first-order valence-electron chi connectivity index (χ1n) is 21.9. The summed E-state index contributed by atoms with van der Waals surface area (Å²) in [5, 5.41) is 2.81. The van der Waals surface area contributed by atoms with Crippen LogP contribution in [0.15, 0.2) is 72.9 Å². The van der Waals surface area contributed by atoms with Gasteiger partial charge in [0.2, 0.25) is 0 Å². The molecule has 322 valence electrons. The highest BCUT2D eigenvalue weighted by molar-refractivity contribution is 7.47. The maximum Gasteiger partial charge on any atom is 0.472 e. The van der Waals surface area contributed by atoms with Crippen LogP contribution in [0.4, 0.5) is 0 Å². The number of phosphoric acid groups is 1. The van der Waals surface area contributed by atoms with Crippen LogP contribution in [-0.4, -0.2) is 56.3 Å². The first kappa shape index (κ1) is 53.5. The van der Waals surface area contributed by atoms with E-state index in [4.69, 9.17) is 18.5 Å². The van der Waals surface area contributed by atoms with E-state index in [2.05, 4.69) is 86.0 Å². The Hall–Kier alpha value is -2.55. The molecule has 0 fully saturated rings. The Labute approximate surface area is 342 Å². The van der Waals surface area contributed by atoms with E-state index in [1.807, 2.05) is 6.08 Å². The van der Waals surface area contributed by atoms with E-state index in [-0.39, 0.29) is 26.1 Å². The summed E-state index contributed by atoms with van der Waals surface area (Å²) in [6.45, 7) is 4.09. The fourth-order valence-electron chi connectivity index (χ4n) is 5.46. The standard InChI is InChI=1S/C46H80NO8P/c1-4-6-8-10-12-14-16-18-20-22-24-26-28-30-32-34-36-38-45(48)52-42-44(43-54-56(50,51)53-41-40-47-3)55-46(49)39-37-35-33-31-29-27-25-23-21-19-17-15-13-11-9-7-5-2/h12,14,18-21,24-27,31,33,44,47H,4-11,13,15-17,22-23,28-30,32,34-43H2,1-3H3,(H,50,51)/b14-12-,20-18-,21-19-,26-24-,27-25-,33-31-. The van der Waals surface area contributed by atoms with Crippen molar-refractivity contribution in [3.63, 3.8) is 0 Å². The zero-order valence-electron chi connectivity index (χ0n) is 35.6. The smallest absolute Gasteiger partial charge is 0.462 e. The van der Waals surface area contributed by atoms with Crippen molar-refractivity contribution in [2.75, 3.05) is 33.4 Å². The van der Waals surface area contributed by atoms with Gasteiger partial charge in [0.05, 0.1) is 13.2 Å². The third-order valence-corrected chi connectivity index (χ3v) is 9.78. The molecule has 10 heteroatoms. The Morgan fingerprint density at radius 1 is 0.554 bits per heavy atom. The van der Waals surface area contributed by atoms with Crippen molar-refractivity contribution in [2.24, 2.45) is 0 Å². The zero-order valence-corrected chi connectivity index (χ0v) is 36.5. The van der Waals surface area contributed by atoms with Crippen molar-refractivity contribution >= 4 is 19.8 Å². The molecule has 0 aromatic heterocycles. The molecule has 0 aromatic carbocycles. The van der Waals surface area contributed by atoms with Crippen molar-refractivity contribution in [3.8, 4) is 0 Å². The van der Waals surface area contributed by atoms with Crippen molar-refractivity contribution in [1.29, 1.82) is 0 Å². The Balaban J connectivity index is 4.37. The van der Waals surface area contributed by atoms with Gasteiger partial charge >= 0.3 is 19.8 Å². The second kappa shape index (κ2) is 42.1. The zero-order chi connectivity index (χ0) is 41.1. The van der Waals surface area contributed by atoms with Gasteiger partial charge in [0.15, 0.2) is 6.10 Å². The van der Waals surface area contributed by atoms with E-state index in [9.17, 15) is 19.0 Å². The minimum atomic E-state index is -4.37. The van der Waals surface area contributed by atoms with Gasteiger partial charge in [-0.1, -0.05) is 145 Å². The number of unbranched alkanes of at least 4 members (excludes halogenated alkanes) is 14. The van der Waals surface area contributed by atoms with Crippen LogP contribution in [0.2, 0.25) is 0 Å². The summed E-state index contributed by atoms with van der Waals surface area (Å²) < 4.78 is 33.1. The quantitative estimate of drug-likeness (QED) is 0.0270. The lowest BCUT2D eigenvalue weighted by Gasteiger charge is -2.20. The van der Waals surface area contributed by atoms with Crippen LogP contribution in [-0.2, 0) is 32.7 Å². The molecule has 0 bridgehead atoms. The Morgan fingerprint density at radius 2 is 0.982 bits per heavy atom. The lowest BCUT2D eigenvalue weighted by molar-refractivity contribution is -0.161. The molecule has 0 spiro atoms. The highest BCUT2D eigenvalue weighted by Gasteiger charge is 2.26. The molecule has 0 heterocycles. The molecule has 0 saturated heterocycles. The van der Waals surface area contributed by atoms with Crippen LogP contribution >= 0.6 is 7.82 Å². The Morgan fingerprint density at radius 3 is 1.52 bits per heavy atom. The number of hydrogen-bond acceptors (Lipinski definition) is 8. The van der Waals surface area contributed by atoms with Crippen molar-refractivity contribution < 1.29 is 37.6 Å². The maximum atomic E-state index is 12.6. The molecule has 0 aliphatic heterocycles. The fourth-order valence-corrected chi connectivity index (χ4v) is 6.21.